The van der Waals surface area contributed by atoms with Crippen LogP contribution in [0.25, 0.3) is 5.76 Å². The number of aromatic nitrogens is 1. The molecule has 1 aromatic heterocycles. The third-order valence-electron chi connectivity index (χ3n) is 5.72. The Hall–Kier alpha value is -4.18. The largest absolute Gasteiger partial charge is 0.507 e. The van der Waals surface area contributed by atoms with Crippen molar-refractivity contribution in [1.29, 1.82) is 0 Å². The van der Waals surface area contributed by atoms with Crippen molar-refractivity contribution in [3.63, 3.8) is 0 Å². The van der Waals surface area contributed by atoms with Gasteiger partial charge in [0.05, 0.1) is 37.6 Å². The molecule has 10 heteroatoms. The Kier molecular flexibility index (Phi) is 7.30. The van der Waals surface area contributed by atoms with Crippen LogP contribution in [0.5, 0.6) is 11.5 Å². The summed E-state index contributed by atoms with van der Waals surface area (Å²) in [4.78, 5) is 44.7. The number of hydrogen-bond donors (Lipinski definition) is 1. The molecule has 0 spiro atoms. The van der Waals surface area contributed by atoms with Gasteiger partial charge >= 0.3 is 11.9 Å². The molecular formula is C27H26N2O7S. The first-order chi connectivity index (χ1) is 17.7. The molecule has 1 aliphatic rings. The molecule has 0 aliphatic carbocycles. The van der Waals surface area contributed by atoms with E-state index >= 15 is 0 Å². The smallest absolute Gasteiger partial charge is 0.350 e. The Morgan fingerprint density at radius 3 is 2.41 bits per heavy atom. The van der Waals surface area contributed by atoms with E-state index in [2.05, 4.69) is 4.98 Å². The number of carbonyl (C=O) groups excluding carboxylic acids is 3. The van der Waals surface area contributed by atoms with Gasteiger partial charge in [0.25, 0.3) is 5.78 Å². The lowest BCUT2D eigenvalue weighted by Crippen LogP contribution is -2.29. The molecule has 1 N–H and O–H groups in total. The summed E-state index contributed by atoms with van der Waals surface area (Å²) >= 11 is 0.939. The minimum Gasteiger partial charge on any atom is -0.507 e. The van der Waals surface area contributed by atoms with Crippen molar-refractivity contribution in [1.82, 2.24) is 4.98 Å². The van der Waals surface area contributed by atoms with Crippen molar-refractivity contribution in [2.75, 3.05) is 19.1 Å². The van der Waals surface area contributed by atoms with Crippen LogP contribution in [-0.4, -0.2) is 48.1 Å². The Morgan fingerprint density at radius 1 is 1.08 bits per heavy atom. The second kappa shape index (κ2) is 10.4. The summed E-state index contributed by atoms with van der Waals surface area (Å²) in [7, 11) is 2.74. The zero-order valence-corrected chi connectivity index (χ0v) is 21.8. The molecule has 4 rings (SSSR count). The van der Waals surface area contributed by atoms with Gasteiger partial charge in [0.1, 0.15) is 22.1 Å². The number of thiazole rings is 1. The zero-order valence-electron chi connectivity index (χ0n) is 21.0. The fourth-order valence-electron chi connectivity index (χ4n) is 4.04. The topological polar surface area (TPSA) is 115 Å². The minimum atomic E-state index is -1.00. The number of rotatable bonds is 7. The SMILES string of the molecule is COC(=O)c1sc(N2C(=O)C(=O)/C(=C(/O)c3cccc(OC)c3)[C@H]2c2ccc(OC(C)C)cc2)nc1C. The first-order valence-electron chi connectivity index (χ1n) is 11.4. The molecule has 2 aromatic carbocycles. The van der Waals surface area contributed by atoms with E-state index in [9.17, 15) is 19.5 Å². The van der Waals surface area contributed by atoms with Gasteiger partial charge in [-0.1, -0.05) is 35.6 Å². The summed E-state index contributed by atoms with van der Waals surface area (Å²) in [5, 5.41) is 11.4. The molecule has 1 amide bonds. The number of Topliss-reactive ketones (excluding diaryl/α,β-unsaturated/α-hetero) is 1. The van der Waals surface area contributed by atoms with Gasteiger partial charge in [-0.3, -0.25) is 14.5 Å². The number of benzene rings is 2. The molecule has 1 aliphatic heterocycles. The van der Waals surface area contributed by atoms with Crippen LogP contribution in [0.15, 0.2) is 54.1 Å². The fourth-order valence-corrected chi connectivity index (χ4v) is 5.05. The maximum absolute atomic E-state index is 13.4. The number of aryl methyl sites for hydroxylation is 1. The lowest BCUT2D eigenvalue weighted by atomic mass is 9.95. The average molecular weight is 523 g/mol. The van der Waals surface area contributed by atoms with Gasteiger partial charge in [-0.15, -0.1) is 0 Å². The molecule has 1 saturated heterocycles. The molecule has 192 valence electrons. The molecule has 9 nitrogen and oxygen atoms in total. The van der Waals surface area contributed by atoms with E-state index in [1.165, 1.54) is 19.1 Å². The Morgan fingerprint density at radius 2 is 1.78 bits per heavy atom. The van der Waals surface area contributed by atoms with E-state index < -0.39 is 23.7 Å². The second-order valence-corrected chi connectivity index (χ2v) is 9.52. The highest BCUT2D eigenvalue weighted by molar-refractivity contribution is 7.17. The first-order valence-corrected chi connectivity index (χ1v) is 12.3. The third kappa shape index (κ3) is 4.92. The van der Waals surface area contributed by atoms with Crippen molar-refractivity contribution in [3.05, 3.63) is 75.8 Å². The summed E-state index contributed by atoms with van der Waals surface area (Å²) in [6, 6.07) is 12.5. The van der Waals surface area contributed by atoms with Crippen LogP contribution in [0.2, 0.25) is 0 Å². The number of methoxy groups -OCH3 is 2. The second-order valence-electron chi connectivity index (χ2n) is 8.54. The molecule has 2 heterocycles. The first kappa shape index (κ1) is 25.9. The van der Waals surface area contributed by atoms with E-state index in [0.717, 1.165) is 11.3 Å². The summed E-state index contributed by atoms with van der Waals surface area (Å²) in [5.41, 5.74) is 1.11. The number of esters is 1. The Balaban J connectivity index is 1.90. The Labute approximate surface area is 217 Å². The average Bonchev–Trinajstić information content (AvgIpc) is 3.39. The van der Waals surface area contributed by atoms with Crippen LogP contribution >= 0.6 is 11.3 Å². The summed E-state index contributed by atoms with van der Waals surface area (Å²) in [6.45, 7) is 5.42. The molecule has 3 aromatic rings. The number of aliphatic hydroxyl groups is 1. The van der Waals surface area contributed by atoms with Gasteiger partial charge in [-0.25, -0.2) is 9.78 Å². The normalized spacial score (nSPS) is 16.8. The number of ether oxygens (including phenoxy) is 3. The number of carbonyl (C=O) groups is 3. The zero-order chi connectivity index (χ0) is 26.9. The number of aliphatic hydroxyl groups excluding tert-OH is 1. The van der Waals surface area contributed by atoms with Crippen LogP contribution in [-0.2, 0) is 14.3 Å². The molecule has 0 bridgehead atoms. The van der Waals surface area contributed by atoms with Crippen molar-refractivity contribution >= 4 is 39.9 Å². The van der Waals surface area contributed by atoms with Crippen molar-refractivity contribution in [2.24, 2.45) is 0 Å². The predicted molar refractivity (Wildman–Crippen MR) is 138 cm³/mol. The highest BCUT2D eigenvalue weighted by Crippen LogP contribution is 2.44. The van der Waals surface area contributed by atoms with Crippen LogP contribution in [0.3, 0.4) is 0 Å². The number of nitrogens with zero attached hydrogens (tertiary/aromatic N) is 2. The highest BCUT2D eigenvalue weighted by Gasteiger charge is 2.48. The fraction of sp³-hybridized carbons (Fsp3) is 0.259. The minimum absolute atomic E-state index is 0.0421. The monoisotopic (exact) mass is 522 g/mol. The third-order valence-corrected chi connectivity index (χ3v) is 6.85. The molecule has 1 atom stereocenters. The van der Waals surface area contributed by atoms with Gasteiger partial charge < -0.3 is 19.3 Å². The van der Waals surface area contributed by atoms with Gasteiger partial charge in [0, 0.05) is 5.56 Å². The standard InChI is InChI=1S/C27H26N2O7S/c1-14(2)36-18-11-9-16(10-12-18)21-20(22(30)17-7-6-8-19(13-17)34-4)23(31)25(32)29(21)27-28-15(3)24(37-27)26(33)35-5/h6-14,21,30H,1-5H3/b22-20+/t21-/m1/s1. The van der Waals surface area contributed by atoms with Gasteiger partial charge in [0.15, 0.2) is 5.13 Å². The number of ketones is 1. The predicted octanol–water partition coefficient (Wildman–Crippen LogP) is 4.66. The maximum Gasteiger partial charge on any atom is 0.350 e. The van der Waals surface area contributed by atoms with Gasteiger partial charge in [-0.05, 0) is 50.6 Å². The van der Waals surface area contributed by atoms with E-state index in [-0.39, 0.29) is 27.4 Å². The molecule has 37 heavy (non-hydrogen) atoms. The molecule has 0 unspecified atom stereocenters. The van der Waals surface area contributed by atoms with Crippen molar-refractivity contribution < 1.29 is 33.7 Å². The molecule has 0 radical (unpaired) electrons. The Bertz CT molecular complexity index is 1390. The number of amides is 1. The quantitative estimate of drug-likeness (QED) is 0.206. The summed E-state index contributed by atoms with van der Waals surface area (Å²) < 4.78 is 15.8. The van der Waals surface area contributed by atoms with E-state index in [4.69, 9.17) is 14.2 Å². The lowest BCUT2D eigenvalue weighted by Gasteiger charge is -2.23. The molecule has 0 saturated carbocycles. The lowest BCUT2D eigenvalue weighted by molar-refractivity contribution is -0.132. The van der Waals surface area contributed by atoms with Gasteiger partial charge in [-0.2, -0.15) is 0 Å². The molecule has 1 fully saturated rings. The molecular weight excluding hydrogens is 496 g/mol. The van der Waals surface area contributed by atoms with E-state index in [0.29, 0.717) is 28.3 Å². The summed E-state index contributed by atoms with van der Waals surface area (Å²) in [6.07, 6.45) is -0.0421. The van der Waals surface area contributed by atoms with Crippen molar-refractivity contribution in [2.45, 2.75) is 32.9 Å². The van der Waals surface area contributed by atoms with Crippen LogP contribution in [0, 0.1) is 6.92 Å². The van der Waals surface area contributed by atoms with Crippen molar-refractivity contribution in [3.8, 4) is 11.5 Å². The summed E-state index contributed by atoms with van der Waals surface area (Å²) in [5.74, 6) is -1.61. The highest BCUT2D eigenvalue weighted by atomic mass is 32.1. The van der Waals surface area contributed by atoms with Crippen LogP contribution < -0.4 is 14.4 Å². The maximum atomic E-state index is 13.4. The number of anilines is 1. The number of hydrogen-bond acceptors (Lipinski definition) is 9. The van der Waals surface area contributed by atoms with E-state index in [1.54, 1.807) is 55.5 Å². The van der Waals surface area contributed by atoms with E-state index in [1.807, 2.05) is 13.8 Å². The van der Waals surface area contributed by atoms with Gasteiger partial charge in [0.2, 0.25) is 0 Å². The van der Waals surface area contributed by atoms with Crippen LogP contribution in [0.1, 0.15) is 46.4 Å². The van der Waals surface area contributed by atoms with Crippen LogP contribution in [0.4, 0.5) is 5.13 Å².